The van der Waals surface area contributed by atoms with E-state index in [2.05, 4.69) is 6.92 Å². The van der Waals surface area contributed by atoms with Gasteiger partial charge in [-0.3, -0.25) is 4.79 Å². The van der Waals surface area contributed by atoms with Gasteiger partial charge in [-0.1, -0.05) is 6.92 Å². The van der Waals surface area contributed by atoms with Gasteiger partial charge in [0.1, 0.15) is 11.6 Å². The number of nitrogens with zero attached hydrogens (tertiary/aromatic N) is 1. The van der Waals surface area contributed by atoms with E-state index in [0.29, 0.717) is 17.4 Å². The van der Waals surface area contributed by atoms with E-state index in [0.717, 1.165) is 31.5 Å². The van der Waals surface area contributed by atoms with E-state index in [-0.39, 0.29) is 11.7 Å². The number of furan rings is 1. The third-order valence-corrected chi connectivity index (χ3v) is 4.25. The summed E-state index contributed by atoms with van der Waals surface area (Å²) >= 11 is 0. The Labute approximate surface area is 129 Å². The van der Waals surface area contributed by atoms with Gasteiger partial charge >= 0.3 is 0 Å². The normalized spacial score (nSPS) is 19.0. The first-order valence-corrected chi connectivity index (χ1v) is 7.78. The van der Waals surface area contributed by atoms with Gasteiger partial charge in [0.05, 0.1) is 0 Å². The minimum Gasteiger partial charge on any atom is -0.451 e. The molecule has 0 saturated carbocycles. The third kappa shape index (κ3) is 3.21. The summed E-state index contributed by atoms with van der Waals surface area (Å²) < 4.78 is 18.6. The molecular formula is C18H20FNO2. The number of amides is 1. The number of carbonyl (C=O) groups is 1. The summed E-state index contributed by atoms with van der Waals surface area (Å²) in [4.78, 5) is 14.4. The van der Waals surface area contributed by atoms with Gasteiger partial charge in [-0.15, -0.1) is 0 Å². The van der Waals surface area contributed by atoms with Gasteiger partial charge in [-0.2, -0.15) is 0 Å². The largest absolute Gasteiger partial charge is 0.451 e. The summed E-state index contributed by atoms with van der Waals surface area (Å²) in [6, 6.07) is 9.54. The van der Waals surface area contributed by atoms with Crippen LogP contribution in [-0.4, -0.2) is 23.9 Å². The molecule has 22 heavy (non-hydrogen) atoms. The number of halogens is 1. The molecule has 0 N–H and O–H groups in total. The van der Waals surface area contributed by atoms with E-state index in [1.54, 1.807) is 24.3 Å². The van der Waals surface area contributed by atoms with Gasteiger partial charge < -0.3 is 9.32 Å². The van der Waals surface area contributed by atoms with E-state index in [9.17, 15) is 9.18 Å². The Morgan fingerprint density at radius 2 is 1.91 bits per heavy atom. The minimum atomic E-state index is -0.287. The van der Waals surface area contributed by atoms with Crippen LogP contribution in [-0.2, 0) is 0 Å². The van der Waals surface area contributed by atoms with Crippen LogP contribution in [0, 0.1) is 11.7 Å². The first-order chi connectivity index (χ1) is 10.6. The van der Waals surface area contributed by atoms with Crippen molar-refractivity contribution < 1.29 is 13.6 Å². The molecule has 3 nitrogen and oxygen atoms in total. The SMILES string of the molecule is CC1CCCN(C(=O)c2ccc(-c3ccc(F)cc3)o2)CC1. The molecule has 0 bridgehead atoms. The van der Waals surface area contributed by atoms with Crippen molar-refractivity contribution in [2.24, 2.45) is 5.92 Å². The number of hydrogen-bond acceptors (Lipinski definition) is 2. The minimum absolute atomic E-state index is 0.0533. The average molecular weight is 301 g/mol. The van der Waals surface area contributed by atoms with Crippen LogP contribution in [0.25, 0.3) is 11.3 Å². The molecule has 1 atom stereocenters. The van der Waals surface area contributed by atoms with Crippen molar-refractivity contribution in [3.8, 4) is 11.3 Å². The highest BCUT2D eigenvalue weighted by Crippen LogP contribution is 2.24. The summed E-state index contributed by atoms with van der Waals surface area (Å²) in [6.45, 7) is 3.80. The Hall–Kier alpha value is -2.10. The van der Waals surface area contributed by atoms with Crippen LogP contribution in [0.3, 0.4) is 0 Å². The molecule has 1 aromatic heterocycles. The standard InChI is InChI=1S/C18H20FNO2/c1-13-3-2-11-20(12-10-13)18(21)17-9-8-16(22-17)14-4-6-15(19)7-5-14/h4-9,13H,2-3,10-12H2,1H3. The Bertz CT molecular complexity index is 647. The fraction of sp³-hybridized carbons (Fsp3) is 0.389. The molecule has 1 saturated heterocycles. The molecule has 1 aliphatic heterocycles. The van der Waals surface area contributed by atoms with Gasteiger partial charge in [-0.05, 0) is 61.6 Å². The zero-order valence-electron chi connectivity index (χ0n) is 12.7. The smallest absolute Gasteiger partial charge is 0.289 e. The first kappa shape index (κ1) is 14.8. The molecule has 1 aliphatic rings. The molecule has 1 amide bonds. The van der Waals surface area contributed by atoms with Crippen molar-refractivity contribution >= 4 is 5.91 Å². The second-order valence-corrected chi connectivity index (χ2v) is 6.00. The van der Waals surface area contributed by atoms with Gasteiger partial charge in [0.25, 0.3) is 5.91 Å². The third-order valence-electron chi connectivity index (χ3n) is 4.25. The highest BCUT2D eigenvalue weighted by atomic mass is 19.1. The fourth-order valence-corrected chi connectivity index (χ4v) is 2.84. The predicted molar refractivity (Wildman–Crippen MR) is 83.0 cm³/mol. The number of benzene rings is 1. The maximum Gasteiger partial charge on any atom is 0.289 e. The lowest BCUT2D eigenvalue weighted by molar-refractivity contribution is 0.0729. The van der Waals surface area contributed by atoms with Gasteiger partial charge in [0.15, 0.2) is 5.76 Å². The van der Waals surface area contributed by atoms with Crippen LogP contribution in [0.15, 0.2) is 40.8 Å². The van der Waals surface area contributed by atoms with Crippen molar-refractivity contribution in [2.75, 3.05) is 13.1 Å². The lowest BCUT2D eigenvalue weighted by atomic mass is 10.0. The highest BCUT2D eigenvalue weighted by Gasteiger charge is 2.22. The van der Waals surface area contributed by atoms with E-state index >= 15 is 0 Å². The van der Waals surface area contributed by atoms with Crippen LogP contribution >= 0.6 is 0 Å². The number of likely N-dealkylation sites (tertiary alicyclic amines) is 1. The topological polar surface area (TPSA) is 33.5 Å². The summed E-state index contributed by atoms with van der Waals surface area (Å²) in [5.41, 5.74) is 0.768. The second-order valence-electron chi connectivity index (χ2n) is 6.00. The molecule has 4 heteroatoms. The molecule has 2 aromatic rings. The number of carbonyl (C=O) groups excluding carboxylic acids is 1. The predicted octanol–water partition coefficient (Wildman–Crippen LogP) is 4.35. The maximum atomic E-state index is 13.0. The maximum absolute atomic E-state index is 13.0. The quantitative estimate of drug-likeness (QED) is 0.826. The van der Waals surface area contributed by atoms with Crippen LogP contribution in [0.1, 0.15) is 36.7 Å². The zero-order chi connectivity index (χ0) is 15.5. The van der Waals surface area contributed by atoms with Gasteiger partial charge in [-0.25, -0.2) is 4.39 Å². The van der Waals surface area contributed by atoms with Crippen molar-refractivity contribution in [1.82, 2.24) is 4.90 Å². The Morgan fingerprint density at radius 1 is 1.14 bits per heavy atom. The molecule has 0 spiro atoms. The summed E-state index contributed by atoms with van der Waals surface area (Å²) in [5, 5.41) is 0. The monoisotopic (exact) mass is 301 g/mol. The van der Waals surface area contributed by atoms with Crippen LogP contribution in [0.5, 0.6) is 0 Å². The van der Waals surface area contributed by atoms with Crippen LogP contribution in [0.4, 0.5) is 4.39 Å². The lowest BCUT2D eigenvalue weighted by Gasteiger charge is -2.18. The average Bonchev–Trinajstić information content (AvgIpc) is 2.90. The molecular weight excluding hydrogens is 281 g/mol. The molecule has 1 unspecified atom stereocenters. The first-order valence-electron chi connectivity index (χ1n) is 7.78. The van der Waals surface area contributed by atoms with Crippen LogP contribution in [0.2, 0.25) is 0 Å². The van der Waals surface area contributed by atoms with E-state index < -0.39 is 0 Å². The fourth-order valence-electron chi connectivity index (χ4n) is 2.84. The zero-order valence-corrected chi connectivity index (χ0v) is 12.7. The Kier molecular flexibility index (Phi) is 4.27. The van der Waals surface area contributed by atoms with E-state index in [1.807, 2.05) is 4.90 Å². The number of hydrogen-bond donors (Lipinski definition) is 0. The molecule has 116 valence electrons. The summed E-state index contributed by atoms with van der Waals surface area (Å²) in [6.07, 6.45) is 3.25. The van der Waals surface area contributed by atoms with Crippen molar-refractivity contribution in [1.29, 1.82) is 0 Å². The summed E-state index contributed by atoms with van der Waals surface area (Å²) in [5.74, 6) is 1.28. The Balaban J connectivity index is 1.75. The van der Waals surface area contributed by atoms with E-state index in [1.165, 1.54) is 18.6 Å². The Morgan fingerprint density at radius 3 is 2.68 bits per heavy atom. The molecule has 2 heterocycles. The highest BCUT2D eigenvalue weighted by molar-refractivity contribution is 5.92. The van der Waals surface area contributed by atoms with Gasteiger partial charge in [0, 0.05) is 18.7 Å². The van der Waals surface area contributed by atoms with Crippen molar-refractivity contribution in [2.45, 2.75) is 26.2 Å². The molecule has 0 aliphatic carbocycles. The molecule has 1 aromatic carbocycles. The van der Waals surface area contributed by atoms with Gasteiger partial charge in [0.2, 0.25) is 0 Å². The number of rotatable bonds is 2. The lowest BCUT2D eigenvalue weighted by Crippen LogP contribution is -2.31. The summed E-state index contributed by atoms with van der Waals surface area (Å²) in [7, 11) is 0. The van der Waals surface area contributed by atoms with Crippen molar-refractivity contribution in [3.63, 3.8) is 0 Å². The van der Waals surface area contributed by atoms with Crippen LogP contribution < -0.4 is 0 Å². The molecule has 0 radical (unpaired) electrons. The molecule has 3 rings (SSSR count). The molecule has 1 fully saturated rings. The van der Waals surface area contributed by atoms with E-state index in [4.69, 9.17) is 4.42 Å². The van der Waals surface area contributed by atoms with Crippen molar-refractivity contribution in [3.05, 3.63) is 48.0 Å². The second kappa shape index (κ2) is 6.34.